The number of aromatic nitrogens is 1. The third kappa shape index (κ3) is 3.26. The molecular formula is C18H25N3O2. The van der Waals surface area contributed by atoms with E-state index in [1.54, 1.807) is 6.20 Å². The summed E-state index contributed by atoms with van der Waals surface area (Å²) in [6.45, 7) is 6.02. The number of carbonyl (C=O) groups is 1. The molecule has 0 radical (unpaired) electrons. The van der Waals surface area contributed by atoms with Crippen LogP contribution in [0.1, 0.15) is 29.8 Å². The van der Waals surface area contributed by atoms with Gasteiger partial charge in [0.05, 0.1) is 6.10 Å². The number of rotatable bonds is 3. The first-order valence-corrected chi connectivity index (χ1v) is 8.84. The Kier molecular flexibility index (Phi) is 4.31. The maximum Gasteiger partial charge on any atom is 0.272 e. The molecule has 3 saturated heterocycles. The minimum atomic E-state index is 0.0886. The zero-order valence-corrected chi connectivity index (χ0v) is 13.6. The van der Waals surface area contributed by atoms with Gasteiger partial charge in [0.15, 0.2) is 0 Å². The van der Waals surface area contributed by atoms with Crippen LogP contribution in [0, 0.1) is 11.8 Å². The highest BCUT2D eigenvalue weighted by Gasteiger charge is 2.39. The molecule has 0 saturated carbocycles. The molecule has 124 valence electrons. The van der Waals surface area contributed by atoms with Crippen LogP contribution >= 0.6 is 0 Å². The molecule has 1 aromatic heterocycles. The predicted molar refractivity (Wildman–Crippen MR) is 87.2 cm³/mol. The molecule has 4 heterocycles. The summed E-state index contributed by atoms with van der Waals surface area (Å²) in [6, 6.07) is 5.55. The average Bonchev–Trinajstić information content (AvgIpc) is 3.24. The molecule has 23 heavy (non-hydrogen) atoms. The number of likely N-dealkylation sites (tertiary alicyclic amines) is 2. The number of fused-ring (bicyclic) bond motifs is 1. The highest BCUT2D eigenvalue weighted by atomic mass is 16.5. The second-order valence-electron chi connectivity index (χ2n) is 7.13. The van der Waals surface area contributed by atoms with Crippen molar-refractivity contribution >= 4 is 5.91 Å². The molecule has 1 aromatic rings. The van der Waals surface area contributed by atoms with E-state index >= 15 is 0 Å². The third-order valence-corrected chi connectivity index (χ3v) is 5.54. The lowest BCUT2D eigenvalue weighted by Gasteiger charge is -2.35. The summed E-state index contributed by atoms with van der Waals surface area (Å²) in [6.07, 6.45) is 5.73. The third-order valence-electron chi connectivity index (χ3n) is 5.54. The Balaban J connectivity index is 1.35. The Bertz CT molecular complexity index is 544. The zero-order chi connectivity index (χ0) is 15.6. The summed E-state index contributed by atoms with van der Waals surface area (Å²) in [5.41, 5.74) is 0.572. The molecule has 0 unspecified atom stereocenters. The molecule has 0 bridgehead atoms. The number of hydrogen-bond acceptors (Lipinski definition) is 4. The number of nitrogens with zero attached hydrogens (tertiary/aromatic N) is 3. The van der Waals surface area contributed by atoms with Crippen molar-refractivity contribution < 1.29 is 9.53 Å². The van der Waals surface area contributed by atoms with Gasteiger partial charge in [-0.15, -0.1) is 0 Å². The number of ether oxygens (including phenoxy) is 1. The fourth-order valence-corrected chi connectivity index (χ4v) is 4.30. The van der Waals surface area contributed by atoms with Crippen molar-refractivity contribution in [3.8, 4) is 0 Å². The van der Waals surface area contributed by atoms with Gasteiger partial charge in [-0.1, -0.05) is 6.07 Å². The molecule has 3 aliphatic rings. The van der Waals surface area contributed by atoms with E-state index in [-0.39, 0.29) is 5.91 Å². The Labute approximate surface area is 137 Å². The van der Waals surface area contributed by atoms with E-state index in [9.17, 15) is 4.79 Å². The van der Waals surface area contributed by atoms with Gasteiger partial charge in [0.1, 0.15) is 5.69 Å². The second kappa shape index (κ2) is 6.57. The molecule has 0 spiro atoms. The fraction of sp³-hybridized carbons (Fsp3) is 0.667. The molecule has 3 atom stereocenters. The van der Waals surface area contributed by atoms with Gasteiger partial charge in [0.25, 0.3) is 5.91 Å². The first-order chi connectivity index (χ1) is 11.3. The smallest absolute Gasteiger partial charge is 0.272 e. The van der Waals surface area contributed by atoms with Gasteiger partial charge in [-0.25, -0.2) is 0 Å². The maximum absolute atomic E-state index is 12.6. The quantitative estimate of drug-likeness (QED) is 0.851. The van der Waals surface area contributed by atoms with Crippen LogP contribution < -0.4 is 0 Å². The highest BCUT2D eigenvalue weighted by Crippen LogP contribution is 2.32. The molecule has 3 fully saturated rings. The summed E-state index contributed by atoms with van der Waals surface area (Å²) in [4.78, 5) is 21.3. The molecule has 5 nitrogen and oxygen atoms in total. The van der Waals surface area contributed by atoms with Gasteiger partial charge < -0.3 is 14.5 Å². The summed E-state index contributed by atoms with van der Waals surface area (Å²) >= 11 is 0. The molecule has 0 aromatic carbocycles. The minimum Gasteiger partial charge on any atom is -0.377 e. The number of carbonyl (C=O) groups excluding carboxylic acids is 1. The van der Waals surface area contributed by atoms with Gasteiger partial charge in [-0.05, 0) is 49.8 Å². The van der Waals surface area contributed by atoms with Crippen LogP contribution in [0.3, 0.4) is 0 Å². The minimum absolute atomic E-state index is 0.0886. The number of amides is 1. The summed E-state index contributed by atoms with van der Waals surface area (Å²) in [5, 5.41) is 0. The van der Waals surface area contributed by atoms with Gasteiger partial charge in [0, 0.05) is 39.0 Å². The van der Waals surface area contributed by atoms with Crippen LogP contribution in [0.5, 0.6) is 0 Å². The van der Waals surface area contributed by atoms with E-state index in [4.69, 9.17) is 4.74 Å². The SMILES string of the molecule is O=C(c1ccccn1)N1C[C@H]2CN(C[C@@H]3CCCO3)CC[C@H]2C1. The molecule has 4 rings (SSSR count). The van der Waals surface area contributed by atoms with Crippen molar-refractivity contribution in [2.75, 3.05) is 39.3 Å². The largest absolute Gasteiger partial charge is 0.377 e. The van der Waals surface area contributed by atoms with E-state index < -0.39 is 0 Å². The lowest BCUT2D eigenvalue weighted by molar-refractivity contribution is 0.0506. The topological polar surface area (TPSA) is 45.7 Å². The first kappa shape index (κ1) is 15.1. The van der Waals surface area contributed by atoms with E-state index in [0.717, 1.165) is 39.3 Å². The normalized spacial score (nSPS) is 31.3. The maximum atomic E-state index is 12.6. The van der Waals surface area contributed by atoms with Gasteiger partial charge in [0.2, 0.25) is 0 Å². The Hall–Kier alpha value is -1.46. The summed E-state index contributed by atoms with van der Waals surface area (Å²) in [7, 11) is 0. The molecular weight excluding hydrogens is 290 g/mol. The summed E-state index contributed by atoms with van der Waals surface area (Å²) in [5.74, 6) is 1.35. The van der Waals surface area contributed by atoms with Crippen LogP contribution in [-0.2, 0) is 4.74 Å². The predicted octanol–water partition coefficient (Wildman–Crippen LogP) is 1.65. The van der Waals surface area contributed by atoms with Crippen LogP contribution in [0.4, 0.5) is 0 Å². The van der Waals surface area contributed by atoms with Crippen molar-refractivity contribution in [1.29, 1.82) is 0 Å². The van der Waals surface area contributed by atoms with Crippen molar-refractivity contribution in [3.63, 3.8) is 0 Å². The Morgan fingerprint density at radius 3 is 2.91 bits per heavy atom. The number of piperidine rings is 1. The zero-order valence-electron chi connectivity index (χ0n) is 13.6. The van der Waals surface area contributed by atoms with E-state index in [1.165, 1.54) is 19.3 Å². The monoisotopic (exact) mass is 315 g/mol. The van der Waals surface area contributed by atoms with Gasteiger partial charge in [-0.3, -0.25) is 9.78 Å². The van der Waals surface area contributed by atoms with Crippen molar-refractivity contribution in [2.45, 2.75) is 25.4 Å². The number of pyridine rings is 1. The Morgan fingerprint density at radius 1 is 1.22 bits per heavy atom. The summed E-state index contributed by atoms with van der Waals surface area (Å²) < 4.78 is 5.77. The van der Waals surface area contributed by atoms with E-state index in [0.29, 0.717) is 23.6 Å². The Morgan fingerprint density at radius 2 is 2.13 bits per heavy atom. The van der Waals surface area contributed by atoms with Crippen molar-refractivity contribution in [2.24, 2.45) is 11.8 Å². The average molecular weight is 315 g/mol. The van der Waals surface area contributed by atoms with Crippen LogP contribution in [0.2, 0.25) is 0 Å². The van der Waals surface area contributed by atoms with Crippen molar-refractivity contribution in [1.82, 2.24) is 14.8 Å². The standard InChI is InChI=1S/C18H25N3O2/c22-18(17-5-1-2-7-19-17)21-11-14-6-8-20(10-15(14)12-21)13-16-4-3-9-23-16/h1-2,5,7,14-16H,3-4,6,8-13H2/t14-,15+,16-/m0/s1. The van der Waals surface area contributed by atoms with Crippen LogP contribution in [-0.4, -0.2) is 66.1 Å². The highest BCUT2D eigenvalue weighted by molar-refractivity contribution is 5.92. The van der Waals surface area contributed by atoms with Crippen LogP contribution in [0.15, 0.2) is 24.4 Å². The molecule has 5 heteroatoms. The van der Waals surface area contributed by atoms with Gasteiger partial charge >= 0.3 is 0 Å². The first-order valence-electron chi connectivity index (χ1n) is 8.84. The lowest BCUT2D eigenvalue weighted by Crippen LogP contribution is -2.43. The van der Waals surface area contributed by atoms with Crippen molar-refractivity contribution in [3.05, 3.63) is 30.1 Å². The van der Waals surface area contributed by atoms with Crippen LogP contribution in [0.25, 0.3) is 0 Å². The fourth-order valence-electron chi connectivity index (χ4n) is 4.30. The molecule has 0 N–H and O–H groups in total. The molecule has 1 amide bonds. The van der Waals surface area contributed by atoms with E-state index in [1.807, 2.05) is 23.1 Å². The van der Waals surface area contributed by atoms with Gasteiger partial charge in [-0.2, -0.15) is 0 Å². The number of hydrogen-bond donors (Lipinski definition) is 0. The second-order valence-corrected chi connectivity index (χ2v) is 7.13. The molecule has 3 aliphatic heterocycles. The lowest BCUT2D eigenvalue weighted by atomic mass is 9.88. The molecule has 0 aliphatic carbocycles. The van der Waals surface area contributed by atoms with E-state index in [2.05, 4.69) is 9.88 Å².